The fourth-order valence-electron chi connectivity index (χ4n) is 2.10. The Balaban J connectivity index is 2.65. The Morgan fingerprint density at radius 2 is 1.61 bits per heavy atom. The molecule has 0 heterocycles. The van der Waals surface area contributed by atoms with Crippen LogP contribution in [-0.2, 0) is 19.5 Å². The first-order chi connectivity index (χ1) is 13.3. The lowest BCUT2D eigenvalue weighted by Crippen LogP contribution is -2.11. The van der Waals surface area contributed by atoms with E-state index >= 15 is 0 Å². The zero-order chi connectivity index (χ0) is 20.7. The molecule has 0 atom stereocenters. The molecule has 13 nitrogen and oxygen atoms in total. The van der Waals surface area contributed by atoms with Crippen molar-refractivity contribution in [1.82, 2.24) is 0 Å². The Morgan fingerprint density at radius 1 is 1.04 bits per heavy atom. The summed E-state index contributed by atoms with van der Waals surface area (Å²) < 4.78 is 38.8. The van der Waals surface area contributed by atoms with Crippen LogP contribution in [-0.4, -0.2) is 18.8 Å². The summed E-state index contributed by atoms with van der Waals surface area (Å²) in [5, 5.41) is 19.8. The molecule has 0 N–H and O–H groups in total. The van der Waals surface area contributed by atoms with Crippen LogP contribution in [0.1, 0.15) is 15.9 Å². The second-order valence-corrected chi connectivity index (χ2v) is 6.83. The third-order valence-electron chi connectivity index (χ3n) is 3.16. The van der Waals surface area contributed by atoms with Crippen molar-refractivity contribution < 1.29 is 32.4 Å². The molecule has 0 aliphatic heterocycles. The lowest BCUT2D eigenvalue weighted by Gasteiger charge is -2.15. The number of hydrogen-bond donors (Lipinski definition) is 0. The molecule has 0 saturated heterocycles. The minimum Gasteiger partial charge on any atom is -0.744 e. The molecule has 0 spiro atoms. The van der Waals surface area contributed by atoms with E-state index in [0.717, 1.165) is 18.2 Å². The molecule has 0 radical (unpaired) electrons. The minimum absolute atomic E-state index is 0.0564. The highest BCUT2D eigenvalue weighted by Crippen LogP contribution is 2.32. The summed E-state index contributed by atoms with van der Waals surface area (Å²) >= 11 is 0.302. The van der Waals surface area contributed by atoms with Crippen molar-refractivity contribution in [2.75, 3.05) is 0 Å². The molecule has 0 bridgehead atoms. The van der Waals surface area contributed by atoms with Gasteiger partial charge in [0.05, 0.1) is 21.8 Å². The van der Waals surface area contributed by atoms with Gasteiger partial charge in [-0.25, -0.2) is 8.42 Å². The number of carbonyl (C=O) groups excluding carboxylic acids is 1. The molecular weight excluding hydrogens is 416 g/mol. The van der Waals surface area contributed by atoms with Gasteiger partial charge in [-0.15, -0.1) is 0 Å². The molecular formula is C13H6N6O7S2-2. The fourth-order valence-corrected chi connectivity index (χ4v) is 3.31. The lowest BCUT2D eigenvalue weighted by atomic mass is 10.0. The maximum absolute atomic E-state index is 12.8. The van der Waals surface area contributed by atoms with Crippen LogP contribution in [0.5, 0.6) is 0 Å². The van der Waals surface area contributed by atoms with E-state index in [1.54, 1.807) is 0 Å². The van der Waals surface area contributed by atoms with Gasteiger partial charge < -0.3 is 9.81 Å². The first kappa shape index (κ1) is 21.2. The van der Waals surface area contributed by atoms with Crippen LogP contribution >= 0.6 is 12.0 Å². The summed E-state index contributed by atoms with van der Waals surface area (Å²) in [6, 6.07) is 6.49. The van der Waals surface area contributed by atoms with Crippen molar-refractivity contribution in [3.63, 3.8) is 0 Å². The number of nitrogens with zero attached hydrogens (tertiary/aromatic N) is 6. The first-order valence-corrected chi connectivity index (χ1v) is 8.99. The normalized spacial score (nSPS) is 10.6. The smallest absolute Gasteiger partial charge is 0.195 e. The second-order valence-electron chi connectivity index (χ2n) is 4.74. The van der Waals surface area contributed by atoms with Gasteiger partial charge in [-0.05, 0) is 35.3 Å². The van der Waals surface area contributed by atoms with Gasteiger partial charge in [0.15, 0.2) is 5.78 Å². The zero-order valence-corrected chi connectivity index (χ0v) is 15.0. The SMILES string of the molecule is [N-]=[N+]=Nc1ccc(C(=O)c2ccc(N=[N+]=[N-])cc2S(=O)(=O)[O-])c(SOO[O-])c1. The Morgan fingerprint density at radius 3 is 2.14 bits per heavy atom. The van der Waals surface area contributed by atoms with E-state index in [4.69, 9.17) is 11.1 Å². The van der Waals surface area contributed by atoms with Crippen LogP contribution in [0.15, 0.2) is 56.4 Å². The van der Waals surface area contributed by atoms with Crippen LogP contribution in [0.4, 0.5) is 11.4 Å². The van der Waals surface area contributed by atoms with Gasteiger partial charge in [-0.3, -0.25) is 9.83 Å². The molecule has 0 aromatic heterocycles. The Labute approximate surface area is 160 Å². The number of hydrogen-bond acceptors (Lipinski definition) is 10. The second kappa shape index (κ2) is 9.18. The Hall–Kier alpha value is -3.13. The van der Waals surface area contributed by atoms with Gasteiger partial charge in [0.2, 0.25) is 0 Å². The Bertz CT molecular complexity index is 1120. The van der Waals surface area contributed by atoms with E-state index in [-0.39, 0.29) is 21.8 Å². The lowest BCUT2D eigenvalue weighted by molar-refractivity contribution is -0.777. The van der Waals surface area contributed by atoms with Crippen molar-refractivity contribution in [3.8, 4) is 0 Å². The quantitative estimate of drug-likeness (QED) is 0.0898. The van der Waals surface area contributed by atoms with Crippen molar-refractivity contribution >= 4 is 39.3 Å². The van der Waals surface area contributed by atoms with E-state index in [0.29, 0.717) is 12.0 Å². The maximum Gasteiger partial charge on any atom is 0.195 e. The van der Waals surface area contributed by atoms with E-state index in [2.05, 4.69) is 29.4 Å². The molecule has 0 amide bonds. The van der Waals surface area contributed by atoms with Crippen molar-refractivity contribution in [1.29, 1.82) is 0 Å². The van der Waals surface area contributed by atoms with Crippen LogP contribution in [0.2, 0.25) is 0 Å². The number of carbonyl (C=O) groups is 1. The summed E-state index contributed by atoms with van der Waals surface area (Å²) in [6.45, 7) is 0. The molecule has 15 heteroatoms. The van der Waals surface area contributed by atoms with Crippen LogP contribution in [0.25, 0.3) is 20.9 Å². The first-order valence-electron chi connectivity index (χ1n) is 6.84. The molecule has 0 aliphatic rings. The van der Waals surface area contributed by atoms with E-state index in [1.165, 1.54) is 18.2 Å². The van der Waals surface area contributed by atoms with Gasteiger partial charge in [-0.2, -0.15) is 4.33 Å². The molecule has 144 valence electrons. The van der Waals surface area contributed by atoms with Crippen molar-refractivity contribution in [2.24, 2.45) is 10.2 Å². The third-order valence-corrected chi connectivity index (χ3v) is 4.68. The molecule has 0 saturated carbocycles. The number of azide groups is 2. The summed E-state index contributed by atoms with van der Waals surface area (Å²) in [4.78, 5) is 16.9. The highest BCUT2D eigenvalue weighted by atomic mass is 32.2. The number of ketones is 1. The predicted molar refractivity (Wildman–Crippen MR) is 89.9 cm³/mol. The van der Waals surface area contributed by atoms with E-state index < -0.39 is 26.4 Å². The largest absolute Gasteiger partial charge is 0.744 e. The van der Waals surface area contributed by atoms with Crippen molar-refractivity contribution in [3.05, 3.63) is 68.4 Å². The van der Waals surface area contributed by atoms with Gasteiger partial charge in [-0.1, -0.05) is 22.4 Å². The van der Waals surface area contributed by atoms with E-state index in [1.807, 2.05) is 0 Å². The van der Waals surface area contributed by atoms with Gasteiger partial charge >= 0.3 is 0 Å². The molecule has 2 aromatic carbocycles. The molecule has 28 heavy (non-hydrogen) atoms. The highest BCUT2D eigenvalue weighted by molar-refractivity contribution is 7.94. The molecule has 0 fully saturated rings. The highest BCUT2D eigenvalue weighted by Gasteiger charge is 2.21. The molecule has 2 aromatic rings. The summed E-state index contributed by atoms with van der Waals surface area (Å²) in [6.07, 6.45) is 0. The average molecular weight is 422 g/mol. The molecule has 0 unspecified atom stereocenters. The summed E-state index contributed by atoms with van der Waals surface area (Å²) in [5.74, 6) is -0.925. The monoisotopic (exact) mass is 422 g/mol. The van der Waals surface area contributed by atoms with Crippen LogP contribution in [0, 0.1) is 0 Å². The van der Waals surface area contributed by atoms with Crippen molar-refractivity contribution in [2.45, 2.75) is 9.79 Å². The van der Waals surface area contributed by atoms with E-state index in [9.17, 15) is 23.0 Å². The fraction of sp³-hybridized carbons (Fsp3) is 0. The van der Waals surface area contributed by atoms with Gasteiger partial charge in [0, 0.05) is 32.3 Å². The molecule has 2 rings (SSSR count). The third kappa shape index (κ3) is 4.98. The van der Waals surface area contributed by atoms with Gasteiger partial charge in [0.25, 0.3) is 0 Å². The Kier molecular flexibility index (Phi) is 6.94. The standard InChI is InChI=1S/C13H8N6O7S2/c14-18-16-7-1-3-9(11(5-7)27-26-25-21)13(20)10-4-2-8(17-19-15)6-12(10)28(22,23)24/h1-6,21H,(H,22,23,24)/p-2. The zero-order valence-electron chi connectivity index (χ0n) is 13.3. The maximum atomic E-state index is 12.8. The van der Waals surface area contributed by atoms with Crippen LogP contribution in [0.3, 0.4) is 0 Å². The summed E-state index contributed by atoms with van der Waals surface area (Å²) in [7, 11) is -5.11. The minimum atomic E-state index is -5.11. The van der Waals surface area contributed by atoms with Gasteiger partial charge in [0.1, 0.15) is 10.1 Å². The predicted octanol–water partition coefficient (Wildman–Crippen LogP) is 2.94. The topological polar surface area (TPSA) is 213 Å². The molecule has 0 aliphatic carbocycles. The average Bonchev–Trinajstić information content (AvgIpc) is 2.66. The number of benzene rings is 2. The van der Waals surface area contributed by atoms with Crippen LogP contribution < -0.4 is 5.26 Å². The summed E-state index contributed by atoms with van der Waals surface area (Å²) in [5.41, 5.74) is 16.1. The number of rotatable bonds is 8.